The van der Waals surface area contributed by atoms with Gasteiger partial charge in [-0.3, -0.25) is 9.59 Å². The van der Waals surface area contributed by atoms with E-state index in [1.807, 2.05) is 60.7 Å². The Hall–Kier alpha value is -3.80. The first-order valence-electron chi connectivity index (χ1n) is 10.3. The summed E-state index contributed by atoms with van der Waals surface area (Å²) in [6, 6.07) is 20.9. The van der Waals surface area contributed by atoms with Crippen molar-refractivity contribution < 1.29 is 19.1 Å². The zero-order valence-corrected chi connectivity index (χ0v) is 17.2. The average Bonchev–Trinajstić information content (AvgIpc) is 3.43. The van der Waals surface area contributed by atoms with Crippen LogP contribution in [0.25, 0.3) is 0 Å². The summed E-state index contributed by atoms with van der Waals surface area (Å²) in [5, 5.41) is 0. The number of ether oxygens (including phenoxy) is 2. The lowest BCUT2D eigenvalue weighted by Crippen LogP contribution is -2.30. The van der Waals surface area contributed by atoms with Gasteiger partial charge in [0, 0.05) is 30.4 Å². The van der Waals surface area contributed by atoms with Gasteiger partial charge in [-0.15, -0.1) is 0 Å². The highest BCUT2D eigenvalue weighted by Crippen LogP contribution is 2.34. The minimum atomic E-state index is -0.0899. The number of nitrogens with zero attached hydrogens (tertiary/aromatic N) is 2. The van der Waals surface area contributed by atoms with Crippen LogP contribution in [-0.4, -0.2) is 25.2 Å². The van der Waals surface area contributed by atoms with Gasteiger partial charge in [0.25, 0.3) is 5.91 Å². The molecule has 2 aliphatic rings. The molecule has 0 atom stereocenters. The molecule has 2 aliphatic heterocycles. The summed E-state index contributed by atoms with van der Waals surface area (Å²) in [4.78, 5) is 28.9. The zero-order valence-electron chi connectivity index (χ0n) is 17.2. The van der Waals surface area contributed by atoms with Crippen LogP contribution in [0.4, 0.5) is 11.4 Å². The molecular weight excluding hydrogens is 392 g/mol. The summed E-state index contributed by atoms with van der Waals surface area (Å²) >= 11 is 0. The number of hydrogen-bond acceptors (Lipinski definition) is 4. The van der Waals surface area contributed by atoms with Crippen molar-refractivity contribution in [3.8, 4) is 11.5 Å². The Morgan fingerprint density at radius 3 is 2.58 bits per heavy atom. The highest BCUT2D eigenvalue weighted by Gasteiger charge is 2.25. The lowest BCUT2D eigenvalue weighted by Gasteiger charge is -2.24. The maximum atomic E-state index is 13.6. The SMILES string of the molecule is CC(=O)N1CCc2cc(C(=O)N(Cc3ccc4c(c3)OCO4)c3ccccc3)ccc21. The lowest BCUT2D eigenvalue weighted by molar-refractivity contribution is -0.116. The number of para-hydroxylation sites is 1. The van der Waals surface area contributed by atoms with Crippen LogP contribution in [0.3, 0.4) is 0 Å². The normalized spacial score (nSPS) is 13.8. The van der Waals surface area contributed by atoms with E-state index in [-0.39, 0.29) is 18.6 Å². The van der Waals surface area contributed by atoms with E-state index in [9.17, 15) is 9.59 Å². The summed E-state index contributed by atoms with van der Waals surface area (Å²) in [7, 11) is 0. The summed E-state index contributed by atoms with van der Waals surface area (Å²) in [5.41, 5.74) is 4.29. The van der Waals surface area contributed by atoms with E-state index in [4.69, 9.17) is 9.47 Å². The van der Waals surface area contributed by atoms with Gasteiger partial charge in [0.15, 0.2) is 11.5 Å². The van der Waals surface area contributed by atoms with Crippen molar-refractivity contribution in [2.45, 2.75) is 19.9 Å². The molecule has 0 bridgehead atoms. The number of carbonyl (C=O) groups excluding carboxylic acids is 2. The van der Waals surface area contributed by atoms with Crippen LogP contribution in [0.1, 0.15) is 28.4 Å². The molecule has 31 heavy (non-hydrogen) atoms. The van der Waals surface area contributed by atoms with E-state index in [1.165, 1.54) is 0 Å². The molecule has 2 heterocycles. The van der Waals surface area contributed by atoms with Crippen LogP contribution >= 0.6 is 0 Å². The molecule has 0 fully saturated rings. The molecule has 0 saturated heterocycles. The van der Waals surface area contributed by atoms with E-state index >= 15 is 0 Å². The standard InChI is InChI=1S/C25H22N2O4/c1-17(28)26-12-11-19-14-20(8-9-22(19)26)25(29)27(21-5-3-2-4-6-21)15-18-7-10-23-24(13-18)31-16-30-23/h2-10,13-14H,11-12,15-16H2,1H3. The van der Waals surface area contributed by atoms with Crippen LogP contribution in [0, 0.1) is 0 Å². The van der Waals surface area contributed by atoms with E-state index in [1.54, 1.807) is 22.8 Å². The van der Waals surface area contributed by atoms with Gasteiger partial charge < -0.3 is 19.3 Å². The largest absolute Gasteiger partial charge is 0.454 e. The molecule has 6 heteroatoms. The smallest absolute Gasteiger partial charge is 0.258 e. The van der Waals surface area contributed by atoms with E-state index < -0.39 is 0 Å². The summed E-state index contributed by atoms with van der Waals surface area (Å²) in [5.74, 6) is 1.34. The Kier molecular flexibility index (Phi) is 4.82. The topological polar surface area (TPSA) is 59.1 Å². The highest BCUT2D eigenvalue weighted by molar-refractivity contribution is 6.07. The number of carbonyl (C=O) groups is 2. The molecule has 2 amide bonds. The zero-order chi connectivity index (χ0) is 21.4. The second-order valence-corrected chi connectivity index (χ2v) is 7.68. The Balaban J connectivity index is 1.47. The average molecular weight is 414 g/mol. The minimum Gasteiger partial charge on any atom is -0.454 e. The quantitative estimate of drug-likeness (QED) is 0.643. The molecule has 0 saturated carbocycles. The maximum absolute atomic E-state index is 13.6. The van der Waals surface area contributed by atoms with Crippen molar-refractivity contribution in [2.75, 3.05) is 23.1 Å². The third-order valence-electron chi connectivity index (χ3n) is 5.69. The van der Waals surface area contributed by atoms with Crippen molar-refractivity contribution >= 4 is 23.2 Å². The summed E-state index contributed by atoms with van der Waals surface area (Å²) in [6.07, 6.45) is 0.754. The van der Waals surface area contributed by atoms with Crippen LogP contribution in [0.15, 0.2) is 66.7 Å². The first-order valence-corrected chi connectivity index (χ1v) is 10.3. The Morgan fingerprint density at radius 2 is 1.77 bits per heavy atom. The minimum absolute atomic E-state index is 0.0200. The van der Waals surface area contributed by atoms with E-state index in [0.717, 1.165) is 34.7 Å². The monoisotopic (exact) mass is 414 g/mol. The fourth-order valence-electron chi connectivity index (χ4n) is 4.13. The molecule has 3 aromatic rings. The van der Waals surface area contributed by atoms with Gasteiger partial charge in [-0.05, 0) is 60.0 Å². The van der Waals surface area contributed by atoms with Gasteiger partial charge in [0.2, 0.25) is 12.7 Å². The second-order valence-electron chi connectivity index (χ2n) is 7.68. The molecule has 0 unspecified atom stereocenters. The predicted octanol–water partition coefficient (Wildman–Crippen LogP) is 4.17. The molecule has 6 nitrogen and oxygen atoms in total. The maximum Gasteiger partial charge on any atom is 0.258 e. The van der Waals surface area contributed by atoms with Gasteiger partial charge >= 0.3 is 0 Å². The number of benzene rings is 3. The van der Waals surface area contributed by atoms with Crippen molar-refractivity contribution in [1.29, 1.82) is 0 Å². The third kappa shape index (κ3) is 3.61. The molecule has 3 aromatic carbocycles. The van der Waals surface area contributed by atoms with Gasteiger partial charge in [0.05, 0.1) is 6.54 Å². The van der Waals surface area contributed by atoms with E-state index in [2.05, 4.69) is 0 Å². The number of fused-ring (bicyclic) bond motifs is 2. The predicted molar refractivity (Wildman–Crippen MR) is 118 cm³/mol. The third-order valence-corrected chi connectivity index (χ3v) is 5.69. The van der Waals surface area contributed by atoms with Crippen LogP contribution < -0.4 is 19.3 Å². The number of amides is 2. The summed E-state index contributed by atoms with van der Waals surface area (Å²) < 4.78 is 10.9. The molecule has 156 valence electrons. The fourth-order valence-corrected chi connectivity index (χ4v) is 4.13. The number of hydrogen-bond donors (Lipinski definition) is 0. The van der Waals surface area contributed by atoms with Gasteiger partial charge in [-0.25, -0.2) is 0 Å². The molecular formula is C25H22N2O4. The molecule has 0 aromatic heterocycles. The van der Waals surface area contributed by atoms with Crippen LogP contribution in [0.5, 0.6) is 11.5 Å². The Bertz CT molecular complexity index is 1160. The highest BCUT2D eigenvalue weighted by atomic mass is 16.7. The van der Waals surface area contributed by atoms with Crippen molar-refractivity contribution in [2.24, 2.45) is 0 Å². The van der Waals surface area contributed by atoms with Gasteiger partial charge in [0.1, 0.15) is 0 Å². The molecule has 0 N–H and O–H groups in total. The van der Waals surface area contributed by atoms with Crippen molar-refractivity contribution in [3.63, 3.8) is 0 Å². The fraction of sp³-hybridized carbons (Fsp3) is 0.200. The first-order chi connectivity index (χ1) is 15.1. The molecule has 0 aliphatic carbocycles. The molecule has 0 spiro atoms. The number of anilines is 2. The molecule has 0 radical (unpaired) electrons. The second kappa shape index (κ2) is 7.80. The van der Waals surface area contributed by atoms with Crippen LogP contribution in [-0.2, 0) is 17.8 Å². The Morgan fingerprint density at radius 1 is 0.968 bits per heavy atom. The first kappa shape index (κ1) is 19.2. The number of rotatable bonds is 4. The lowest BCUT2D eigenvalue weighted by atomic mass is 10.1. The molecule has 5 rings (SSSR count). The van der Waals surface area contributed by atoms with Crippen LogP contribution in [0.2, 0.25) is 0 Å². The van der Waals surface area contributed by atoms with Crippen molar-refractivity contribution in [3.05, 3.63) is 83.4 Å². The van der Waals surface area contributed by atoms with Crippen molar-refractivity contribution in [1.82, 2.24) is 0 Å². The summed E-state index contributed by atoms with van der Waals surface area (Å²) in [6.45, 7) is 2.83. The van der Waals surface area contributed by atoms with Gasteiger partial charge in [-0.2, -0.15) is 0 Å². The van der Waals surface area contributed by atoms with E-state index in [0.29, 0.717) is 24.4 Å². The van der Waals surface area contributed by atoms with Gasteiger partial charge in [-0.1, -0.05) is 24.3 Å². The Labute approximate surface area is 180 Å².